The summed E-state index contributed by atoms with van der Waals surface area (Å²) in [6.45, 7) is 5.75. The normalized spacial score (nSPS) is 19.6. The third-order valence-corrected chi connectivity index (χ3v) is 5.13. The Morgan fingerprint density at radius 1 is 1.23 bits per heavy atom. The average Bonchev–Trinajstić information content (AvgIpc) is 2.59. The van der Waals surface area contributed by atoms with E-state index in [1.165, 1.54) is 12.1 Å². The molecule has 6 nitrogen and oxygen atoms in total. The molecule has 0 saturated carbocycles. The Morgan fingerprint density at radius 2 is 1.85 bits per heavy atom. The number of hydrogen-bond acceptors (Lipinski definition) is 4. The van der Waals surface area contributed by atoms with Crippen molar-refractivity contribution < 1.29 is 14.8 Å². The lowest BCUT2D eigenvalue weighted by molar-refractivity contribution is -0.384. The highest BCUT2D eigenvalue weighted by Gasteiger charge is 2.48. The number of nitrogens with zero attached hydrogens (tertiary/aromatic N) is 2. The van der Waals surface area contributed by atoms with Crippen LogP contribution in [0.25, 0.3) is 0 Å². The van der Waals surface area contributed by atoms with Gasteiger partial charge in [-0.25, -0.2) is 0 Å². The lowest BCUT2D eigenvalue weighted by Gasteiger charge is -2.45. The number of hydrogen-bond donors (Lipinski definition) is 1. The molecule has 0 aromatic heterocycles. The predicted octanol–water partition coefficient (Wildman–Crippen LogP) is 4.43. The van der Waals surface area contributed by atoms with E-state index in [1.807, 2.05) is 26.8 Å². The van der Waals surface area contributed by atoms with Gasteiger partial charge in [0.2, 0.25) is 5.91 Å². The molecule has 1 aliphatic heterocycles. The first-order valence-electron chi connectivity index (χ1n) is 8.27. The first kappa shape index (κ1) is 18.2. The number of rotatable bonds is 4. The molecular weight excluding hydrogens is 356 g/mol. The molecule has 7 heteroatoms. The van der Waals surface area contributed by atoms with Crippen LogP contribution in [0.1, 0.15) is 42.5 Å². The minimum atomic E-state index is -0.729. The molecule has 1 aliphatic rings. The summed E-state index contributed by atoms with van der Waals surface area (Å²) < 4.78 is 0. The number of benzene rings is 2. The molecule has 26 heavy (non-hydrogen) atoms. The van der Waals surface area contributed by atoms with Crippen molar-refractivity contribution in [1.29, 1.82) is 0 Å². The topological polar surface area (TPSA) is 83.7 Å². The lowest BCUT2D eigenvalue weighted by Crippen LogP contribution is -2.56. The highest BCUT2D eigenvalue weighted by Crippen LogP contribution is 2.45. The standard InChI is InChI=1S/C19H19ClN2O4/c1-10(2)14-9-15(11(3)8-16(14)23)21-18(17(20)19(21)24)12-4-6-13(7-5-12)22(25)26/h4-10,17-18,23H,1-3H3. The van der Waals surface area contributed by atoms with Crippen LogP contribution >= 0.6 is 11.6 Å². The fourth-order valence-corrected chi connectivity index (χ4v) is 3.62. The maximum absolute atomic E-state index is 12.5. The number of aryl methyl sites for hydroxylation is 1. The van der Waals surface area contributed by atoms with Crippen LogP contribution in [0, 0.1) is 17.0 Å². The highest BCUT2D eigenvalue weighted by molar-refractivity contribution is 6.37. The van der Waals surface area contributed by atoms with E-state index in [9.17, 15) is 20.0 Å². The number of carbonyl (C=O) groups is 1. The van der Waals surface area contributed by atoms with Crippen molar-refractivity contribution in [3.8, 4) is 5.75 Å². The van der Waals surface area contributed by atoms with E-state index in [0.29, 0.717) is 5.69 Å². The Morgan fingerprint density at radius 3 is 2.38 bits per heavy atom. The second kappa shape index (κ2) is 6.61. The van der Waals surface area contributed by atoms with Crippen molar-refractivity contribution in [3.63, 3.8) is 0 Å². The third-order valence-electron chi connectivity index (χ3n) is 4.70. The molecule has 1 heterocycles. The molecule has 0 radical (unpaired) electrons. The summed E-state index contributed by atoms with van der Waals surface area (Å²) in [5, 5.41) is 20.3. The van der Waals surface area contributed by atoms with Gasteiger partial charge in [0.1, 0.15) is 11.1 Å². The Balaban J connectivity index is 2.02. The number of non-ortho nitro benzene ring substituents is 1. The zero-order valence-electron chi connectivity index (χ0n) is 14.6. The quantitative estimate of drug-likeness (QED) is 0.371. The van der Waals surface area contributed by atoms with E-state index in [1.54, 1.807) is 23.1 Å². The SMILES string of the molecule is Cc1cc(O)c(C(C)C)cc1N1C(=O)C(Cl)C1c1ccc([N+](=O)[O-])cc1. The van der Waals surface area contributed by atoms with Crippen LogP contribution in [0.2, 0.25) is 0 Å². The molecule has 2 aromatic carbocycles. The van der Waals surface area contributed by atoms with Crippen molar-refractivity contribution in [3.05, 3.63) is 63.2 Å². The maximum atomic E-state index is 12.5. The summed E-state index contributed by atoms with van der Waals surface area (Å²) >= 11 is 6.26. The van der Waals surface area contributed by atoms with E-state index in [0.717, 1.165) is 16.7 Å². The minimum Gasteiger partial charge on any atom is -0.508 e. The Bertz CT molecular complexity index is 880. The Labute approximate surface area is 156 Å². The molecule has 0 spiro atoms. The molecule has 2 atom stereocenters. The monoisotopic (exact) mass is 374 g/mol. The first-order chi connectivity index (χ1) is 12.2. The van der Waals surface area contributed by atoms with Crippen molar-refractivity contribution >= 4 is 28.9 Å². The fourth-order valence-electron chi connectivity index (χ4n) is 3.25. The van der Waals surface area contributed by atoms with Crippen LogP contribution in [-0.4, -0.2) is 21.3 Å². The van der Waals surface area contributed by atoms with Gasteiger partial charge in [-0.15, -0.1) is 11.6 Å². The van der Waals surface area contributed by atoms with Crippen LogP contribution in [0.5, 0.6) is 5.75 Å². The first-order valence-corrected chi connectivity index (χ1v) is 8.71. The number of carbonyl (C=O) groups excluding carboxylic acids is 1. The second-order valence-electron chi connectivity index (χ2n) is 6.76. The van der Waals surface area contributed by atoms with Gasteiger partial charge in [-0.2, -0.15) is 0 Å². The number of phenolic OH excluding ortho intramolecular Hbond substituents is 1. The molecule has 1 saturated heterocycles. The van der Waals surface area contributed by atoms with Gasteiger partial charge in [-0.3, -0.25) is 14.9 Å². The largest absolute Gasteiger partial charge is 0.508 e. The van der Waals surface area contributed by atoms with Gasteiger partial charge in [0.05, 0.1) is 11.0 Å². The number of nitro groups is 1. The molecule has 1 fully saturated rings. The predicted molar refractivity (Wildman–Crippen MR) is 99.9 cm³/mol. The second-order valence-corrected chi connectivity index (χ2v) is 7.23. The zero-order chi connectivity index (χ0) is 19.2. The molecule has 0 bridgehead atoms. The van der Waals surface area contributed by atoms with Crippen LogP contribution < -0.4 is 4.90 Å². The van der Waals surface area contributed by atoms with Crippen molar-refractivity contribution in [2.45, 2.75) is 38.1 Å². The van der Waals surface area contributed by atoms with Gasteiger partial charge in [0, 0.05) is 17.8 Å². The maximum Gasteiger partial charge on any atom is 0.269 e. The summed E-state index contributed by atoms with van der Waals surface area (Å²) in [7, 11) is 0. The fraction of sp³-hybridized carbons (Fsp3) is 0.316. The van der Waals surface area contributed by atoms with Gasteiger partial charge in [-0.05, 0) is 41.7 Å². The van der Waals surface area contributed by atoms with Crippen LogP contribution in [0.3, 0.4) is 0 Å². The molecule has 2 aromatic rings. The summed E-state index contributed by atoms with van der Waals surface area (Å²) in [6, 6.07) is 9.11. The molecule has 1 amide bonds. The number of halogens is 1. The van der Waals surface area contributed by atoms with E-state index in [4.69, 9.17) is 11.6 Å². The molecule has 1 N–H and O–H groups in total. The number of phenols is 1. The summed E-state index contributed by atoms with van der Waals surface area (Å²) in [5.41, 5.74) is 2.92. The number of amides is 1. The summed E-state index contributed by atoms with van der Waals surface area (Å²) in [5.74, 6) is 0.0670. The van der Waals surface area contributed by atoms with E-state index in [-0.39, 0.29) is 23.3 Å². The van der Waals surface area contributed by atoms with E-state index < -0.39 is 16.3 Å². The van der Waals surface area contributed by atoms with Crippen molar-refractivity contribution in [2.24, 2.45) is 0 Å². The molecular formula is C19H19ClN2O4. The molecule has 2 unspecified atom stereocenters. The minimum absolute atomic E-state index is 0.0139. The van der Waals surface area contributed by atoms with Crippen molar-refractivity contribution in [1.82, 2.24) is 0 Å². The van der Waals surface area contributed by atoms with Gasteiger partial charge in [0.25, 0.3) is 5.69 Å². The number of nitro benzene ring substituents is 1. The smallest absolute Gasteiger partial charge is 0.269 e. The van der Waals surface area contributed by atoms with E-state index in [2.05, 4.69) is 0 Å². The van der Waals surface area contributed by atoms with Crippen LogP contribution in [0.15, 0.2) is 36.4 Å². The number of aromatic hydroxyl groups is 1. The third kappa shape index (κ3) is 2.90. The Hall–Kier alpha value is -2.60. The van der Waals surface area contributed by atoms with Gasteiger partial charge < -0.3 is 10.0 Å². The molecule has 136 valence electrons. The van der Waals surface area contributed by atoms with Crippen LogP contribution in [-0.2, 0) is 4.79 Å². The zero-order valence-corrected chi connectivity index (χ0v) is 15.4. The summed E-state index contributed by atoms with van der Waals surface area (Å²) in [6.07, 6.45) is 0. The average molecular weight is 375 g/mol. The number of anilines is 1. The van der Waals surface area contributed by atoms with Gasteiger partial charge in [0.15, 0.2) is 0 Å². The lowest BCUT2D eigenvalue weighted by atomic mass is 9.90. The summed E-state index contributed by atoms with van der Waals surface area (Å²) in [4.78, 5) is 24.4. The van der Waals surface area contributed by atoms with E-state index >= 15 is 0 Å². The Kier molecular flexibility index (Phi) is 4.63. The highest BCUT2D eigenvalue weighted by atomic mass is 35.5. The van der Waals surface area contributed by atoms with Gasteiger partial charge in [-0.1, -0.05) is 26.0 Å². The number of alkyl halides is 1. The van der Waals surface area contributed by atoms with Crippen LogP contribution in [0.4, 0.5) is 11.4 Å². The van der Waals surface area contributed by atoms with Gasteiger partial charge >= 0.3 is 0 Å². The number of β-lactam (4-membered cyclic amide) rings is 1. The van der Waals surface area contributed by atoms with Crippen molar-refractivity contribution in [2.75, 3.05) is 4.90 Å². The molecule has 3 rings (SSSR count). The molecule has 0 aliphatic carbocycles.